The number of nitrogens with one attached hydrogen (secondary N) is 1. The van der Waals surface area contributed by atoms with Gasteiger partial charge in [-0.25, -0.2) is 4.98 Å². The summed E-state index contributed by atoms with van der Waals surface area (Å²) in [5.41, 5.74) is 1.88. The van der Waals surface area contributed by atoms with E-state index in [9.17, 15) is 0 Å². The Morgan fingerprint density at radius 2 is 1.94 bits per heavy atom. The van der Waals surface area contributed by atoms with Gasteiger partial charge in [-0.2, -0.15) is 0 Å². The van der Waals surface area contributed by atoms with Crippen molar-refractivity contribution in [2.24, 2.45) is 0 Å². The molecule has 0 aliphatic heterocycles. The molecule has 1 N–H and O–H groups in total. The van der Waals surface area contributed by atoms with E-state index < -0.39 is 0 Å². The summed E-state index contributed by atoms with van der Waals surface area (Å²) in [7, 11) is 1.83. The molecular formula is C14H17N3O. The van der Waals surface area contributed by atoms with Gasteiger partial charge in [-0.15, -0.1) is 0 Å². The standard InChI is InChI=1S/C14H17N3O/c1-3-8-18-12-6-4-11(5-7-12)13-9-16-10-14(15-2)17-13/h4-7,9-10H,3,8H2,1-2H3,(H,15,17). The number of nitrogens with zero attached hydrogens (tertiary/aromatic N) is 2. The van der Waals surface area contributed by atoms with Crippen LogP contribution in [0.4, 0.5) is 5.82 Å². The molecule has 0 amide bonds. The Morgan fingerprint density at radius 1 is 1.17 bits per heavy atom. The van der Waals surface area contributed by atoms with Crippen molar-refractivity contribution in [2.75, 3.05) is 19.0 Å². The van der Waals surface area contributed by atoms with Gasteiger partial charge in [0.15, 0.2) is 0 Å². The number of rotatable bonds is 5. The molecule has 0 spiro atoms. The van der Waals surface area contributed by atoms with Crippen LogP contribution in [0.3, 0.4) is 0 Å². The fraction of sp³-hybridized carbons (Fsp3) is 0.286. The average molecular weight is 243 g/mol. The van der Waals surface area contributed by atoms with Crippen LogP contribution in [0.1, 0.15) is 13.3 Å². The Bertz CT molecular complexity index is 497. The first-order chi connectivity index (χ1) is 8.83. The molecule has 0 aliphatic rings. The summed E-state index contributed by atoms with van der Waals surface area (Å²) in [4.78, 5) is 8.59. The highest BCUT2D eigenvalue weighted by Crippen LogP contribution is 2.21. The van der Waals surface area contributed by atoms with Crippen molar-refractivity contribution in [3.8, 4) is 17.0 Å². The van der Waals surface area contributed by atoms with Crippen molar-refractivity contribution in [2.45, 2.75) is 13.3 Å². The molecule has 0 unspecified atom stereocenters. The summed E-state index contributed by atoms with van der Waals surface area (Å²) < 4.78 is 5.54. The maximum Gasteiger partial charge on any atom is 0.144 e. The normalized spacial score (nSPS) is 10.1. The van der Waals surface area contributed by atoms with Crippen molar-refractivity contribution in [3.63, 3.8) is 0 Å². The number of anilines is 1. The molecule has 4 heteroatoms. The van der Waals surface area contributed by atoms with E-state index in [0.29, 0.717) is 0 Å². The minimum Gasteiger partial charge on any atom is -0.494 e. The van der Waals surface area contributed by atoms with E-state index in [4.69, 9.17) is 4.74 Å². The SMILES string of the molecule is CCCOc1ccc(-c2cncc(NC)n2)cc1. The van der Waals surface area contributed by atoms with Gasteiger partial charge in [0.25, 0.3) is 0 Å². The Labute approximate surface area is 107 Å². The first-order valence-corrected chi connectivity index (χ1v) is 6.06. The topological polar surface area (TPSA) is 47.0 Å². The Morgan fingerprint density at radius 3 is 2.61 bits per heavy atom. The fourth-order valence-electron chi connectivity index (χ4n) is 1.57. The molecule has 0 saturated carbocycles. The number of hydrogen-bond donors (Lipinski definition) is 1. The van der Waals surface area contributed by atoms with Crippen molar-refractivity contribution in [1.82, 2.24) is 9.97 Å². The van der Waals surface area contributed by atoms with Gasteiger partial charge in [0, 0.05) is 12.6 Å². The molecule has 0 radical (unpaired) electrons. The second-order valence-electron chi connectivity index (χ2n) is 3.91. The largest absolute Gasteiger partial charge is 0.494 e. The van der Waals surface area contributed by atoms with E-state index in [1.165, 1.54) is 0 Å². The van der Waals surface area contributed by atoms with Crippen molar-refractivity contribution in [3.05, 3.63) is 36.7 Å². The van der Waals surface area contributed by atoms with Gasteiger partial charge in [0.2, 0.25) is 0 Å². The maximum atomic E-state index is 5.54. The minimum absolute atomic E-state index is 0.744. The summed E-state index contributed by atoms with van der Waals surface area (Å²) in [5.74, 6) is 1.65. The zero-order valence-electron chi connectivity index (χ0n) is 10.7. The summed E-state index contributed by atoms with van der Waals surface area (Å²) >= 11 is 0. The third-order valence-electron chi connectivity index (χ3n) is 2.51. The average Bonchev–Trinajstić information content (AvgIpc) is 2.46. The van der Waals surface area contributed by atoms with Crippen LogP contribution in [0.25, 0.3) is 11.3 Å². The predicted molar refractivity (Wildman–Crippen MR) is 72.8 cm³/mol. The van der Waals surface area contributed by atoms with E-state index in [1.54, 1.807) is 12.4 Å². The second kappa shape index (κ2) is 6.00. The van der Waals surface area contributed by atoms with Crippen LogP contribution in [0.5, 0.6) is 5.75 Å². The highest BCUT2D eigenvalue weighted by atomic mass is 16.5. The van der Waals surface area contributed by atoms with Gasteiger partial charge >= 0.3 is 0 Å². The van der Waals surface area contributed by atoms with Crippen LogP contribution >= 0.6 is 0 Å². The van der Waals surface area contributed by atoms with E-state index in [2.05, 4.69) is 22.2 Å². The molecule has 18 heavy (non-hydrogen) atoms. The molecule has 2 aromatic rings. The zero-order chi connectivity index (χ0) is 12.8. The van der Waals surface area contributed by atoms with Crippen LogP contribution < -0.4 is 10.1 Å². The highest BCUT2D eigenvalue weighted by molar-refractivity contribution is 5.60. The molecule has 0 saturated heterocycles. The third-order valence-corrected chi connectivity index (χ3v) is 2.51. The molecule has 4 nitrogen and oxygen atoms in total. The smallest absolute Gasteiger partial charge is 0.144 e. The van der Waals surface area contributed by atoms with Gasteiger partial charge in [-0.05, 0) is 30.7 Å². The van der Waals surface area contributed by atoms with Crippen LogP contribution in [-0.4, -0.2) is 23.6 Å². The molecular weight excluding hydrogens is 226 g/mol. The Balaban J connectivity index is 2.17. The highest BCUT2D eigenvalue weighted by Gasteiger charge is 2.01. The second-order valence-corrected chi connectivity index (χ2v) is 3.91. The number of hydrogen-bond acceptors (Lipinski definition) is 4. The van der Waals surface area contributed by atoms with E-state index in [0.717, 1.165) is 35.9 Å². The molecule has 1 heterocycles. The summed E-state index contributed by atoms with van der Waals surface area (Å²) in [5, 5.41) is 2.98. The minimum atomic E-state index is 0.744. The quantitative estimate of drug-likeness (QED) is 0.877. The molecule has 1 aromatic carbocycles. The van der Waals surface area contributed by atoms with Gasteiger partial charge in [0.05, 0.1) is 24.7 Å². The lowest BCUT2D eigenvalue weighted by atomic mass is 10.1. The van der Waals surface area contributed by atoms with Crippen molar-refractivity contribution >= 4 is 5.82 Å². The number of benzene rings is 1. The van der Waals surface area contributed by atoms with Crippen molar-refractivity contribution < 1.29 is 4.74 Å². The van der Waals surface area contributed by atoms with Gasteiger partial charge in [-0.1, -0.05) is 6.92 Å². The monoisotopic (exact) mass is 243 g/mol. The van der Waals surface area contributed by atoms with E-state index >= 15 is 0 Å². The van der Waals surface area contributed by atoms with Crippen LogP contribution in [-0.2, 0) is 0 Å². The first-order valence-electron chi connectivity index (χ1n) is 6.06. The first kappa shape index (κ1) is 12.4. The van der Waals surface area contributed by atoms with E-state index in [1.807, 2.05) is 31.3 Å². The lowest BCUT2D eigenvalue weighted by Gasteiger charge is -2.06. The Kier molecular flexibility index (Phi) is 4.12. The van der Waals surface area contributed by atoms with Crippen LogP contribution in [0, 0.1) is 0 Å². The molecule has 1 aromatic heterocycles. The lowest BCUT2D eigenvalue weighted by molar-refractivity contribution is 0.317. The van der Waals surface area contributed by atoms with Gasteiger partial charge < -0.3 is 10.1 Å². The van der Waals surface area contributed by atoms with Crippen LogP contribution in [0.15, 0.2) is 36.7 Å². The number of ether oxygens (including phenoxy) is 1. The fourth-order valence-corrected chi connectivity index (χ4v) is 1.57. The predicted octanol–water partition coefficient (Wildman–Crippen LogP) is 2.97. The van der Waals surface area contributed by atoms with Gasteiger partial charge in [-0.3, -0.25) is 4.98 Å². The molecule has 94 valence electrons. The Hall–Kier alpha value is -2.10. The summed E-state index contributed by atoms with van der Waals surface area (Å²) in [6, 6.07) is 7.90. The van der Waals surface area contributed by atoms with E-state index in [-0.39, 0.29) is 0 Å². The molecule has 0 aliphatic carbocycles. The third kappa shape index (κ3) is 2.97. The zero-order valence-corrected chi connectivity index (χ0v) is 10.7. The number of aromatic nitrogens is 2. The molecule has 2 rings (SSSR count). The molecule has 0 atom stereocenters. The van der Waals surface area contributed by atoms with Crippen molar-refractivity contribution in [1.29, 1.82) is 0 Å². The molecule has 0 fully saturated rings. The van der Waals surface area contributed by atoms with Gasteiger partial charge in [0.1, 0.15) is 11.6 Å². The lowest BCUT2D eigenvalue weighted by Crippen LogP contribution is -1.96. The van der Waals surface area contributed by atoms with Crippen LogP contribution in [0.2, 0.25) is 0 Å². The summed E-state index contributed by atoms with van der Waals surface area (Å²) in [6.07, 6.45) is 4.46. The molecule has 0 bridgehead atoms. The summed E-state index contributed by atoms with van der Waals surface area (Å²) in [6.45, 7) is 2.83. The maximum absolute atomic E-state index is 5.54.